The lowest BCUT2D eigenvalue weighted by Gasteiger charge is -2.58. The lowest BCUT2D eigenvalue weighted by atomic mass is 9.50. The molecule has 2 aliphatic rings. The van der Waals surface area contributed by atoms with Crippen molar-refractivity contribution in [1.29, 1.82) is 0 Å². The van der Waals surface area contributed by atoms with Crippen molar-refractivity contribution >= 4 is 28.7 Å². The molecule has 1 saturated carbocycles. The Bertz CT molecular complexity index is 1770. The zero-order valence-corrected chi connectivity index (χ0v) is 25.7. The standard InChI is InChI=1S/C36H37N3O7/c1-25-35(33(41)42,31-22-37-24-38(31)15-8-18-46-28-11-3-2-4-12-28)21-27(23-40)32(30-14-7-10-26-9-5-6-13-29(26)30)36(25,34(43)44)39-16-19-45-20-17-39/h2-7,9-14,22,24-25,32H,8,15-21H2,1H3,(H,41,42)(H,43,44). The Kier molecular flexibility index (Phi) is 8.77. The summed E-state index contributed by atoms with van der Waals surface area (Å²) in [5.41, 5.74) is -2.53. The number of imidazole rings is 1. The van der Waals surface area contributed by atoms with Gasteiger partial charge in [0.25, 0.3) is 0 Å². The van der Waals surface area contributed by atoms with Gasteiger partial charge in [-0.3, -0.25) is 14.5 Å². The number of aryl methyl sites for hydroxylation is 1. The van der Waals surface area contributed by atoms with Crippen LogP contribution >= 0.6 is 0 Å². The molecular formula is C36H37N3O7. The van der Waals surface area contributed by atoms with Gasteiger partial charge in [-0.2, -0.15) is 0 Å². The quantitative estimate of drug-likeness (QED) is 0.193. The average molecular weight is 624 g/mol. The first-order chi connectivity index (χ1) is 22.4. The fourth-order valence-electron chi connectivity index (χ4n) is 7.80. The maximum atomic E-state index is 14.0. The molecule has 0 amide bonds. The average Bonchev–Trinajstić information content (AvgIpc) is 3.56. The van der Waals surface area contributed by atoms with Crippen LogP contribution in [0.15, 0.2) is 90.9 Å². The fourth-order valence-corrected chi connectivity index (χ4v) is 7.80. The largest absolute Gasteiger partial charge is 0.494 e. The molecule has 4 atom stereocenters. The van der Waals surface area contributed by atoms with Crippen LogP contribution in [0.3, 0.4) is 0 Å². The number of aliphatic carboxylic acids is 2. The van der Waals surface area contributed by atoms with Gasteiger partial charge in [0.05, 0.1) is 31.8 Å². The normalized spacial score (nSPS) is 25.2. The van der Waals surface area contributed by atoms with Crippen molar-refractivity contribution in [3.63, 3.8) is 0 Å². The number of fused-ring (bicyclic) bond motifs is 1. The number of hydrogen-bond acceptors (Lipinski definition) is 7. The first kappa shape index (κ1) is 31.2. The molecule has 10 nitrogen and oxygen atoms in total. The molecule has 46 heavy (non-hydrogen) atoms. The second-order valence-corrected chi connectivity index (χ2v) is 12.0. The second-order valence-electron chi connectivity index (χ2n) is 12.0. The number of carboxylic acid groups (broad SMARTS) is 2. The van der Waals surface area contributed by atoms with Gasteiger partial charge in [-0.25, -0.2) is 9.78 Å². The summed E-state index contributed by atoms with van der Waals surface area (Å²) in [5, 5.41) is 24.3. The number of carbonyl (C=O) groups is 2. The van der Waals surface area contributed by atoms with E-state index >= 15 is 0 Å². The van der Waals surface area contributed by atoms with Crippen LogP contribution in [-0.2, 0) is 31.1 Å². The number of rotatable bonds is 10. The van der Waals surface area contributed by atoms with Crippen molar-refractivity contribution in [2.45, 2.75) is 43.2 Å². The lowest BCUT2D eigenvalue weighted by Crippen LogP contribution is -2.72. The van der Waals surface area contributed by atoms with Gasteiger partial charge in [0, 0.05) is 49.7 Å². The maximum Gasteiger partial charge on any atom is 0.325 e. The van der Waals surface area contributed by atoms with Gasteiger partial charge in [-0.1, -0.05) is 67.6 Å². The summed E-state index contributed by atoms with van der Waals surface area (Å²) in [5.74, 6) is -1.59. The third kappa shape index (κ3) is 5.08. The first-order valence-electron chi connectivity index (χ1n) is 15.5. The Hall–Kier alpha value is -4.76. The fraction of sp³-hybridized carbons (Fsp3) is 0.361. The molecule has 2 N–H and O–H groups in total. The molecule has 2 fully saturated rings. The van der Waals surface area contributed by atoms with Gasteiger partial charge >= 0.3 is 11.9 Å². The zero-order valence-electron chi connectivity index (χ0n) is 25.7. The molecule has 6 rings (SSSR count). The molecule has 1 aliphatic carbocycles. The molecule has 10 heteroatoms. The van der Waals surface area contributed by atoms with E-state index in [0.29, 0.717) is 30.8 Å². The number of ether oxygens (including phenoxy) is 2. The third-order valence-electron chi connectivity index (χ3n) is 9.91. The highest BCUT2D eigenvalue weighted by molar-refractivity contribution is 5.94. The minimum Gasteiger partial charge on any atom is -0.494 e. The van der Waals surface area contributed by atoms with E-state index in [0.717, 1.165) is 16.5 Å². The van der Waals surface area contributed by atoms with E-state index in [9.17, 15) is 24.6 Å². The van der Waals surface area contributed by atoms with Gasteiger partial charge in [-0.05, 0) is 34.9 Å². The highest BCUT2D eigenvalue weighted by atomic mass is 16.5. The van der Waals surface area contributed by atoms with Gasteiger partial charge in [-0.15, -0.1) is 0 Å². The second kappa shape index (κ2) is 12.9. The molecule has 3 aromatic carbocycles. The van der Waals surface area contributed by atoms with Crippen molar-refractivity contribution in [2.75, 3.05) is 32.9 Å². The van der Waals surface area contributed by atoms with Crippen LogP contribution in [0.1, 0.15) is 36.9 Å². The third-order valence-corrected chi connectivity index (χ3v) is 9.91. The number of nitrogens with zero attached hydrogens (tertiary/aromatic N) is 3. The van der Waals surface area contributed by atoms with Crippen LogP contribution in [0, 0.1) is 5.92 Å². The molecule has 1 saturated heterocycles. The molecule has 2 heterocycles. The smallest absolute Gasteiger partial charge is 0.325 e. The molecule has 1 aliphatic heterocycles. The molecule has 0 bridgehead atoms. The van der Waals surface area contributed by atoms with Crippen LogP contribution in [0.2, 0.25) is 0 Å². The van der Waals surface area contributed by atoms with E-state index in [1.54, 1.807) is 17.8 Å². The highest BCUT2D eigenvalue weighted by Gasteiger charge is 2.69. The molecule has 4 unspecified atom stereocenters. The Morgan fingerprint density at radius 1 is 1.00 bits per heavy atom. The molecule has 4 aromatic rings. The maximum absolute atomic E-state index is 14.0. The Morgan fingerprint density at radius 3 is 2.43 bits per heavy atom. The Morgan fingerprint density at radius 2 is 1.72 bits per heavy atom. The van der Waals surface area contributed by atoms with Crippen molar-refractivity contribution in [1.82, 2.24) is 14.5 Å². The number of aromatic nitrogens is 2. The minimum absolute atomic E-state index is 0.103. The predicted molar refractivity (Wildman–Crippen MR) is 171 cm³/mol. The summed E-state index contributed by atoms with van der Waals surface area (Å²) in [6, 6.07) is 22.7. The molecule has 0 radical (unpaired) electrons. The summed E-state index contributed by atoms with van der Waals surface area (Å²) in [6.07, 6.45) is 3.39. The van der Waals surface area contributed by atoms with Crippen molar-refractivity contribution in [2.24, 2.45) is 5.92 Å². The van der Waals surface area contributed by atoms with Gasteiger partial charge in [0.2, 0.25) is 0 Å². The predicted octanol–water partition coefficient (Wildman–Crippen LogP) is 4.57. The van der Waals surface area contributed by atoms with E-state index in [-0.39, 0.29) is 38.3 Å². The number of benzene rings is 3. The van der Waals surface area contributed by atoms with Gasteiger partial charge in [0.1, 0.15) is 22.6 Å². The summed E-state index contributed by atoms with van der Waals surface area (Å²) in [4.78, 5) is 47.0. The minimum atomic E-state index is -1.83. The zero-order chi connectivity index (χ0) is 32.3. The van der Waals surface area contributed by atoms with Crippen LogP contribution in [-0.4, -0.2) is 81.0 Å². The molecule has 238 valence electrons. The van der Waals surface area contributed by atoms with Crippen LogP contribution < -0.4 is 4.74 Å². The van der Waals surface area contributed by atoms with Gasteiger partial charge < -0.3 is 24.3 Å². The SMILES string of the molecule is CC1C(C(=O)O)(c2cncn2CCCOc2ccccc2)CC(=C=O)C(c2cccc3ccccc23)C1(C(=O)O)N1CCOCC1. The Balaban J connectivity index is 1.49. The van der Waals surface area contributed by atoms with E-state index < -0.39 is 34.7 Å². The van der Waals surface area contributed by atoms with Crippen molar-refractivity contribution in [3.8, 4) is 5.75 Å². The van der Waals surface area contributed by atoms with Crippen LogP contribution in [0.4, 0.5) is 0 Å². The lowest BCUT2D eigenvalue weighted by molar-refractivity contribution is -0.173. The number of carboxylic acids is 2. The topological polar surface area (TPSA) is 131 Å². The van der Waals surface area contributed by atoms with Crippen molar-refractivity contribution in [3.05, 3.63) is 102 Å². The first-order valence-corrected chi connectivity index (χ1v) is 15.5. The molecule has 0 spiro atoms. The summed E-state index contributed by atoms with van der Waals surface area (Å²) in [7, 11) is 0. The molecule has 1 aromatic heterocycles. The van der Waals surface area contributed by atoms with E-state index in [2.05, 4.69) is 10.9 Å². The number of morpholine rings is 1. The highest BCUT2D eigenvalue weighted by Crippen LogP contribution is 2.59. The number of hydrogen-bond donors (Lipinski definition) is 2. The number of carbonyl (C=O) groups excluding carboxylic acids is 1. The Labute approximate surface area is 266 Å². The summed E-state index contributed by atoms with van der Waals surface area (Å²) in [6.45, 7) is 3.55. The van der Waals surface area contributed by atoms with E-state index in [1.807, 2.05) is 77.7 Å². The van der Waals surface area contributed by atoms with Crippen LogP contribution in [0.5, 0.6) is 5.75 Å². The van der Waals surface area contributed by atoms with Crippen LogP contribution in [0.25, 0.3) is 10.8 Å². The van der Waals surface area contributed by atoms with E-state index in [1.165, 1.54) is 6.20 Å². The summed E-state index contributed by atoms with van der Waals surface area (Å²) >= 11 is 0. The van der Waals surface area contributed by atoms with Gasteiger partial charge in [0.15, 0.2) is 0 Å². The summed E-state index contributed by atoms with van der Waals surface area (Å²) < 4.78 is 13.2. The molecular weight excluding hydrogens is 586 g/mol. The number of para-hydroxylation sites is 1. The monoisotopic (exact) mass is 623 g/mol. The van der Waals surface area contributed by atoms with E-state index in [4.69, 9.17) is 9.47 Å². The van der Waals surface area contributed by atoms with Crippen molar-refractivity contribution < 1.29 is 34.1 Å².